The molecule has 6 nitrogen and oxygen atoms in total. The molecule has 1 atom stereocenters. The maximum Gasteiger partial charge on any atom is 0.323 e. The van der Waals surface area contributed by atoms with E-state index >= 15 is 0 Å². The second kappa shape index (κ2) is 6.85. The predicted octanol–water partition coefficient (Wildman–Crippen LogP) is 3.08. The largest absolute Gasteiger partial charge is 0.326 e. The van der Waals surface area contributed by atoms with Crippen LogP contribution < -0.4 is 11.0 Å². The summed E-state index contributed by atoms with van der Waals surface area (Å²) in [6.45, 7) is 1.81. The highest BCUT2D eigenvalue weighted by molar-refractivity contribution is 7.07. The molecule has 3 heterocycles. The lowest BCUT2D eigenvalue weighted by atomic mass is 10.1. The summed E-state index contributed by atoms with van der Waals surface area (Å²) in [5.74, 6) is -0.00630. The van der Waals surface area contributed by atoms with Gasteiger partial charge in [-0.1, -0.05) is 0 Å². The maximum atomic E-state index is 12.3. The minimum Gasteiger partial charge on any atom is -0.326 e. The SMILES string of the molecule is O=C(CCN1CCCC1c1ccsc1)Nc1ccc2[nH]c(=O)[nH]c2c1. The van der Waals surface area contributed by atoms with Gasteiger partial charge in [0.2, 0.25) is 5.91 Å². The van der Waals surface area contributed by atoms with Crippen molar-refractivity contribution in [3.8, 4) is 0 Å². The number of nitrogens with zero attached hydrogens (tertiary/aromatic N) is 1. The molecule has 7 heteroatoms. The fraction of sp³-hybridized carbons (Fsp3) is 0.333. The van der Waals surface area contributed by atoms with Crippen molar-refractivity contribution in [2.24, 2.45) is 0 Å². The first-order valence-electron chi connectivity index (χ1n) is 8.47. The smallest absolute Gasteiger partial charge is 0.323 e. The van der Waals surface area contributed by atoms with Gasteiger partial charge >= 0.3 is 5.69 Å². The zero-order valence-electron chi connectivity index (χ0n) is 13.7. The molecule has 1 saturated heterocycles. The molecule has 0 bridgehead atoms. The van der Waals surface area contributed by atoms with Crippen molar-refractivity contribution in [1.29, 1.82) is 0 Å². The minimum absolute atomic E-state index is 0.00630. The van der Waals surface area contributed by atoms with E-state index in [1.807, 2.05) is 0 Å². The number of hydrogen-bond donors (Lipinski definition) is 3. The van der Waals surface area contributed by atoms with Gasteiger partial charge in [-0.05, 0) is 60.0 Å². The van der Waals surface area contributed by atoms with E-state index in [0.29, 0.717) is 23.7 Å². The molecule has 1 unspecified atom stereocenters. The van der Waals surface area contributed by atoms with Gasteiger partial charge in [0.1, 0.15) is 0 Å². The third-order valence-electron chi connectivity index (χ3n) is 4.72. The number of hydrogen-bond acceptors (Lipinski definition) is 4. The molecule has 1 aliphatic rings. The fourth-order valence-electron chi connectivity index (χ4n) is 3.51. The highest BCUT2D eigenvalue weighted by atomic mass is 32.1. The number of carbonyl (C=O) groups excluding carboxylic acids is 1. The summed E-state index contributed by atoms with van der Waals surface area (Å²) in [5.41, 5.74) is 3.25. The molecule has 1 aromatic carbocycles. The van der Waals surface area contributed by atoms with Crippen LogP contribution in [0.1, 0.15) is 30.9 Å². The number of imidazole rings is 1. The maximum absolute atomic E-state index is 12.3. The second-order valence-corrected chi connectivity index (χ2v) is 7.17. The summed E-state index contributed by atoms with van der Waals surface area (Å²) in [4.78, 5) is 31.4. The van der Waals surface area contributed by atoms with Gasteiger partial charge in [-0.15, -0.1) is 0 Å². The molecule has 1 amide bonds. The van der Waals surface area contributed by atoms with Gasteiger partial charge in [0.25, 0.3) is 0 Å². The van der Waals surface area contributed by atoms with Crippen molar-refractivity contribution in [2.45, 2.75) is 25.3 Å². The Morgan fingerprint density at radius 1 is 1.28 bits per heavy atom. The molecule has 3 N–H and O–H groups in total. The van der Waals surface area contributed by atoms with Gasteiger partial charge in [0.05, 0.1) is 11.0 Å². The van der Waals surface area contributed by atoms with Gasteiger partial charge in [-0.2, -0.15) is 11.3 Å². The molecule has 0 aliphatic carbocycles. The fourth-order valence-corrected chi connectivity index (χ4v) is 4.22. The lowest BCUT2D eigenvalue weighted by molar-refractivity contribution is -0.116. The molecule has 130 valence electrons. The summed E-state index contributed by atoms with van der Waals surface area (Å²) in [5, 5.41) is 7.23. The Balaban J connectivity index is 1.36. The van der Waals surface area contributed by atoms with E-state index in [-0.39, 0.29) is 11.6 Å². The van der Waals surface area contributed by atoms with Crippen molar-refractivity contribution in [1.82, 2.24) is 14.9 Å². The number of nitrogens with one attached hydrogen (secondary N) is 3. The molecule has 3 aromatic rings. The minimum atomic E-state index is -0.244. The lowest BCUT2D eigenvalue weighted by Gasteiger charge is -2.23. The molecule has 2 aromatic heterocycles. The number of aromatic nitrogens is 2. The number of H-pyrrole nitrogens is 2. The molecule has 1 aliphatic heterocycles. The highest BCUT2D eigenvalue weighted by Gasteiger charge is 2.26. The molecule has 0 spiro atoms. The molecule has 1 fully saturated rings. The Morgan fingerprint density at radius 3 is 3.00 bits per heavy atom. The Kier molecular flexibility index (Phi) is 4.42. The van der Waals surface area contributed by atoms with Gasteiger partial charge < -0.3 is 15.3 Å². The monoisotopic (exact) mass is 356 g/mol. The van der Waals surface area contributed by atoms with Gasteiger partial charge in [-0.25, -0.2) is 4.79 Å². The van der Waals surface area contributed by atoms with Crippen molar-refractivity contribution in [3.05, 3.63) is 51.1 Å². The van der Waals surface area contributed by atoms with E-state index in [1.165, 1.54) is 12.0 Å². The lowest BCUT2D eigenvalue weighted by Crippen LogP contribution is -2.27. The summed E-state index contributed by atoms with van der Waals surface area (Å²) < 4.78 is 0. The summed E-state index contributed by atoms with van der Waals surface area (Å²) >= 11 is 1.72. The predicted molar refractivity (Wildman–Crippen MR) is 100 cm³/mol. The number of rotatable bonds is 5. The first kappa shape index (κ1) is 16.1. The number of thiophene rings is 1. The van der Waals surface area contributed by atoms with E-state index in [9.17, 15) is 9.59 Å². The van der Waals surface area contributed by atoms with Crippen LogP contribution in [-0.4, -0.2) is 33.9 Å². The Hall–Kier alpha value is -2.38. The first-order valence-corrected chi connectivity index (χ1v) is 9.41. The van der Waals surface area contributed by atoms with Crippen LogP contribution in [-0.2, 0) is 4.79 Å². The number of carbonyl (C=O) groups is 1. The number of fused-ring (bicyclic) bond motifs is 1. The number of anilines is 1. The van der Waals surface area contributed by atoms with Gasteiger partial charge in [0, 0.05) is 24.7 Å². The molecular formula is C18H20N4O2S. The number of aromatic amines is 2. The Morgan fingerprint density at radius 2 is 2.16 bits per heavy atom. The third-order valence-corrected chi connectivity index (χ3v) is 5.42. The molecular weight excluding hydrogens is 336 g/mol. The topological polar surface area (TPSA) is 81.0 Å². The summed E-state index contributed by atoms with van der Waals surface area (Å²) in [6.07, 6.45) is 2.80. The molecule has 0 saturated carbocycles. The Labute approximate surface area is 148 Å². The van der Waals surface area contributed by atoms with Crippen molar-refractivity contribution in [2.75, 3.05) is 18.4 Å². The zero-order chi connectivity index (χ0) is 17.2. The zero-order valence-corrected chi connectivity index (χ0v) is 14.6. The third kappa shape index (κ3) is 3.52. The molecule has 25 heavy (non-hydrogen) atoms. The van der Waals surface area contributed by atoms with E-state index in [1.54, 1.807) is 29.5 Å². The van der Waals surface area contributed by atoms with Crippen LogP contribution in [0.15, 0.2) is 39.8 Å². The van der Waals surface area contributed by atoms with E-state index < -0.39 is 0 Å². The molecule has 4 rings (SSSR count). The van der Waals surface area contributed by atoms with Gasteiger partial charge in [-0.3, -0.25) is 9.69 Å². The normalized spacial score (nSPS) is 18.0. The van der Waals surface area contributed by atoms with E-state index in [2.05, 4.69) is 37.0 Å². The quantitative estimate of drug-likeness (QED) is 0.657. The van der Waals surface area contributed by atoms with Crippen LogP contribution in [0, 0.1) is 0 Å². The number of likely N-dealkylation sites (tertiary alicyclic amines) is 1. The van der Waals surface area contributed by atoms with Crippen LogP contribution in [0.4, 0.5) is 5.69 Å². The van der Waals surface area contributed by atoms with Crippen molar-refractivity contribution in [3.63, 3.8) is 0 Å². The van der Waals surface area contributed by atoms with Crippen LogP contribution in [0.5, 0.6) is 0 Å². The molecule has 0 radical (unpaired) electrons. The highest BCUT2D eigenvalue weighted by Crippen LogP contribution is 2.32. The van der Waals surface area contributed by atoms with Crippen molar-refractivity contribution >= 4 is 34.0 Å². The number of amides is 1. The standard InChI is InChI=1S/C18H20N4O2S/c23-17(19-13-3-4-14-15(10-13)21-18(24)20-14)5-8-22-7-1-2-16(22)12-6-9-25-11-12/h3-4,6,9-11,16H,1-2,5,7-8H2,(H,19,23)(H2,20,21,24). The average molecular weight is 356 g/mol. The van der Waals surface area contributed by atoms with Crippen molar-refractivity contribution < 1.29 is 4.79 Å². The van der Waals surface area contributed by atoms with Gasteiger partial charge in [0.15, 0.2) is 0 Å². The summed E-state index contributed by atoms with van der Waals surface area (Å²) in [6, 6.07) is 7.99. The summed E-state index contributed by atoms with van der Waals surface area (Å²) in [7, 11) is 0. The average Bonchev–Trinajstić information content (AvgIpc) is 3.31. The van der Waals surface area contributed by atoms with Crippen LogP contribution >= 0.6 is 11.3 Å². The van der Waals surface area contributed by atoms with E-state index in [0.717, 1.165) is 25.0 Å². The second-order valence-electron chi connectivity index (χ2n) is 6.39. The number of benzene rings is 1. The van der Waals surface area contributed by atoms with Crippen LogP contribution in [0.25, 0.3) is 11.0 Å². The van der Waals surface area contributed by atoms with E-state index in [4.69, 9.17) is 0 Å². The first-order chi connectivity index (χ1) is 12.2. The van der Waals surface area contributed by atoms with Crippen LogP contribution in [0.3, 0.4) is 0 Å². The Bertz CT molecular complexity index is 928. The van der Waals surface area contributed by atoms with Crippen LogP contribution in [0.2, 0.25) is 0 Å².